The van der Waals surface area contributed by atoms with Gasteiger partial charge in [0.1, 0.15) is 6.54 Å². The molecule has 25 heavy (non-hydrogen) atoms. The molecule has 0 aromatic heterocycles. The van der Waals surface area contributed by atoms with Crippen LogP contribution in [-0.4, -0.2) is 26.0 Å². The molecule has 0 saturated heterocycles. The van der Waals surface area contributed by atoms with Crippen molar-refractivity contribution >= 4 is 21.7 Å². The number of rotatable bonds is 6. The summed E-state index contributed by atoms with van der Waals surface area (Å²) >= 11 is 0. The van der Waals surface area contributed by atoms with Gasteiger partial charge in [-0.05, 0) is 35.7 Å². The van der Waals surface area contributed by atoms with Crippen molar-refractivity contribution < 1.29 is 18.3 Å². The SMILES string of the molecule is CC(C)c1ccc(C(=O)O)cc1S(=O)(=O)N(CC#N)c1ccccc1. The maximum Gasteiger partial charge on any atom is 0.335 e. The Morgan fingerprint density at radius 1 is 1.20 bits per heavy atom. The summed E-state index contributed by atoms with van der Waals surface area (Å²) in [5.41, 5.74) is 0.733. The van der Waals surface area contributed by atoms with Gasteiger partial charge >= 0.3 is 5.97 Å². The van der Waals surface area contributed by atoms with Crippen LogP contribution in [0, 0.1) is 11.3 Å². The first-order chi connectivity index (χ1) is 11.8. The molecule has 2 aromatic rings. The molecular formula is C18H18N2O4S. The summed E-state index contributed by atoms with van der Waals surface area (Å²) in [6, 6.07) is 14.2. The fraction of sp³-hybridized carbons (Fsp3) is 0.222. The largest absolute Gasteiger partial charge is 0.478 e. The van der Waals surface area contributed by atoms with Gasteiger partial charge in [-0.1, -0.05) is 38.1 Å². The van der Waals surface area contributed by atoms with Crippen LogP contribution < -0.4 is 4.31 Å². The van der Waals surface area contributed by atoms with Crippen molar-refractivity contribution in [2.45, 2.75) is 24.7 Å². The molecule has 0 saturated carbocycles. The van der Waals surface area contributed by atoms with Crippen LogP contribution in [0.2, 0.25) is 0 Å². The van der Waals surface area contributed by atoms with E-state index in [0.29, 0.717) is 11.3 Å². The van der Waals surface area contributed by atoms with E-state index in [9.17, 15) is 18.3 Å². The predicted molar refractivity (Wildman–Crippen MR) is 94.1 cm³/mol. The van der Waals surface area contributed by atoms with Gasteiger partial charge in [0.05, 0.1) is 22.2 Å². The Bertz CT molecular complexity index is 916. The molecule has 0 spiro atoms. The Morgan fingerprint density at radius 3 is 2.36 bits per heavy atom. The number of aromatic carboxylic acids is 1. The van der Waals surface area contributed by atoms with Crippen molar-refractivity contribution in [2.24, 2.45) is 0 Å². The minimum atomic E-state index is -4.10. The molecule has 130 valence electrons. The molecule has 0 radical (unpaired) electrons. The van der Waals surface area contributed by atoms with E-state index >= 15 is 0 Å². The van der Waals surface area contributed by atoms with Crippen LogP contribution in [0.4, 0.5) is 5.69 Å². The van der Waals surface area contributed by atoms with Gasteiger partial charge in [-0.3, -0.25) is 4.31 Å². The number of para-hydroxylation sites is 1. The van der Waals surface area contributed by atoms with Crippen LogP contribution in [0.25, 0.3) is 0 Å². The van der Waals surface area contributed by atoms with Gasteiger partial charge in [-0.2, -0.15) is 5.26 Å². The number of nitrogens with zero attached hydrogens (tertiary/aromatic N) is 2. The summed E-state index contributed by atoms with van der Waals surface area (Å²) in [5.74, 6) is -1.34. The number of benzene rings is 2. The zero-order valence-corrected chi connectivity index (χ0v) is 14.7. The van der Waals surface area contributed by atoms with Crippen molar-refractivity contribution in [3.63, 3.8) is 0 Å². The van der Waals surface area contributed by atoms with Gasteiger partial charge in [-0.25, -0.2) is 13.2 Å². The molecule has 2 aromatic carbocycles. The van der Waals surface area contributed by atoms with E-state index in [-0.39, 0.29) is 22.9 Å². The third-order valence-corrected chi connectivity index (χ3v) is 5.54. The average Bonchev–Trinajstić information content (AvgIpc) is 2.59. The van der Waals surface area contributed by atoms with Crippen molar-refractivity contribution in [3.8, 4) is 6.07 Å². The molecule has 0 aliphatic heterocycles. The first-order valence-electron chi connectivity index (χ1n) is 7.61. The molecule has 6 nitrogen and oxygen atoms in total. The van der Waals surface area contributed by atoms with E-state index in [2.05, 4.69) is 0 Å². The van der Waals surface area contributed by atoms with Crippen LogP contribution >= 0.6 is 0 Å². The number of hydrogen-bond donors (Lipinski definition) is 1. The molecule has 0 heterocycles. The summed E-state index contributed by atoms with van der Waals surface area (Å²) in [4.78, 5) is 11.2. The standard InChI is InChI=1S/C18H18N2O4S/c1-13(2)16-9-8-14(18(21)22)12-17(16)25(23,24)20(11-10-19)15-6-4-3-5-7-15/h3-9,12-13H,11H2,1-2H3,(H,21,22). The average molecular weight is 358 g/mol. The van der Waals surface area contributed by atoms with Crippen molar-refractivity contribution in [2.75, 3.05) is 10.8 Å². The second-order valence-electron chi connectivity index (χ2n) is 5.72. The highest BCUT2D eigenvalue weighted by molar-refractivity contribution is 7.92. The molecule has 7 heteroatoms. The van der Waals surface area contributed by atoms with Crippen LogP contribution in [0.1, 0.15) is 35.7 Å². The highest BCUT2D eigenvalue weighted by Gasteiger charge is 2.29. The summed E-state index contributed by atoms with van der Waals surface area (Å²) in [6.45, 7) is 3.28. The first-order valence-corrected chi connectivity index (χ1v) is 9.05. The van der Waals surface area contributed by atoms with Gasteiger partial charge in [0, 0.05) is 0 Å². The number of sulfonamides is 1. The Labute approximate surface area is 147 Å². The first kappa shape index (κ1) is 18.5. The molecule has 0 aliphatic rings. The zero-order valence-electron chi connectivity index (χ0n) is 13.9. The van der Waals surface area contributed by atoms with E-state index in [0.717, 1.165) is 10.4 Å². The quantitative estimate of drug-likeness (QED) is 0.799. The van der Waals surface area contributed by atoms with E-state index < -0.39 is 16.0 Å². The Balaban J connectivity index is 2.70. The number of carboxylic acid groups (broad SMARTS) is 1. The van der Waals surface area contributed by atoms with E-state index in [1.165, 1.54) is 12.1 Å². The number of carboxylic acids is 1. The lowest BCUT2D eigenvalue weighted by atomic mass is 10.0. The summed E-state index contributed by atoms with van der Waals surface area (Å²) in [6.07, 6.45) is 0. The van der Waals surface area contributed by atoms with Gasteiger partial charge in [0.25, 0.3) is 10.0 Å². The lowest BCUT2D eigenvalue weighted by Gasteiger charge is -2.24. The van der Waals surface area contributed by atoms with Crippen molar-refractivity contribution in [3.05, 3.63) is 59.7 Å². The topological polar surface area (TPSA) is 98.5 Å². The minimum absolute atomic E-state index is 0.0958. The van der Waals surface area contributed by atoms with Crippen LogP contribution in [0.3, 0.4) is 0 Å². The monoisotopic (exact) mass is 358 g/mol. The second kappa shape index (κ2) is 7.36. The number of nitriles is 1. The third kappa shape index (κ3) is 3.80. The van der Waals surface area contributed by atoms with Gasteiger partial charge < -0.3 is 5.11 Å². The fourth-order valence-electron chi connectivity index (χ4n) is 2.46. The van der Waals surface area contributed by atoms with E-state index in [4.69, 9.17) is 5.26 Å². The zero-order chi connectivity index (χ0) is 18.6. The summed E-state index contributed by atoms with van der Waals surface area (Å²) in [5, 5.41) is 18.3. The highest BCUT2D eigenvalue weighted by atomic mass is 32.2. The predicted octanol–water partition coefficient (Wildman–Crippen LogP) is 3.23. The lowest BCUT2D eigenvalue weighted by Crippen LogP contribution is -2.32. The van der Waals surface area contributed by atoms with Crippen molar-refractivity contribution in [1.82, 2.24) is 0 Å². The molecule has 0 fully saturated rings. The molecule has 0 atom stereocenters. The van der Waals surface area contributed by atoms with Crippen molar-refractivity contribution in [1.29, 1.82) is 5.26 Å². The maximum atomic E-state index is 13.2. The van der Waals surface area contributed by atoms with E-state index in [1.807, 2.05) is 19.9 Å². The Hall–Kier alpha value is -2.85. The molecule has 2 rings (SSSR count). The highest BCUT2D eigenvalue weighted by Crippen LogP contribution is 2.30. The molecule has 1 N–H and O–H groups in total. The van der Waals surface area contributed by atoms with E-state index in [1.54, 1.807) is 30.3 Å². The van der Waals surface area contributed by atoms with Gasteiger partial charge in [0.2, 0.25) is 0 Å². The fourth-order valence-corrected chi connectivity index (χ4v) is 4.20. The smallest absolute Gasteiger partial charge is 0.335 e. The van der Waals surface area contributed by atoms with Crippen LogP contribution in [-0.2, 0) is 10.0 Å². The summed E-state index contributed by atoms with van der Waals surface area (Å²) < 4.78 is 27.4. The van der Waals surface area contributed by atoms with Crippen LogP contribution in [0.5, 0.6) is 0 Å². The lowest BCUT2D eigenvalue weighted by molar-refractivity contribution is 0.0696. The van der Waals surface area contributed by atoms with Crippen LogP contribution in [0.15, 0.2) is 53.4 Å². The summed E-state index contributed by atoms with van der Waals surface area (Å²) in [7, 11) is -4.10. The minimum Gasteiger partial charge on any atom is -0.478 e. The molecular weight excluding hydrogens is 340 g/mol. The normalized spacial score (nSPS) is 11.1. The Kier molecular flexibility index (Phi) is 5.45. The molecule has 0 aliphatic carbocycles. The number of carbonyl (C=O) groups is 1. The number of hydrogen-bond acceptors (Lipinski definition) is 4. The molecule has 0 bridgehead atoms. The Morgan fingerprint density at radius 2 is 1.84 bits per heavy atom. The van der Waals surface area contributed by atoms with Gasteiger partial charge in [0.15, 0.2) is 0 Å². The third-order valence-electron chi connectivity index (χ3n) is 3.71. The van der Waals surface area contributed by atoms with Gasteiger partial charge in [-0.15, -0.1) is 0 Å². The molecule has 0 amide bonds. The maximum absolute atomic E-state index is 13.2. The molecule has 0 unspecified atom stereocenters. The number of anilines is 1. The second-order valence-corrected chi connectivity index (χ2v) is 7.55.